The minimum Gasteiger partial charge on any atom is -0.478 e. The number of esters is 1. The SMILES string of the molecule is CCOC(=O)c1ccc(N=C2S[C@H](CC(=O)Nc3ccc(C(=O)O)cc3)C(=O)N2Cc2cccs2)cc1. The van der Waals surface area contributed by atoms with Crippen LogP contribution in [0.25, 0.3) is 0 Å². The zero-order chi connectivity index (χ0) is 26.4. The molecule has 0 spiro atoms. The monoisotopic (exact) mass is 537 g/mol. The van der Waals surface area contributed by atoms with Crippen LogP contribution in [0.1, 0.15) is 38.9 Å². The third kappa shape index (κ3) is 6.63. The number of hydrogen-bond acceptors (Lipinski definition) is 8. The molecular weight excluding hydrogens is 514 g/mol. The van der Waals surface area contributed by atoms with Crippen LogP contribution in [0, 0.1) is 0 Å². The van der Waals surface area contributed by atoms with Gasteiger partial charge in [-0.1, -0.05) is 17.8 Å². The highest BCUT2D eigenvalue weighted by Crippen LogP contribution is 2.33. The Labute approximate surface area is 221 Å². The Morgan fingerprint density at radius 2 is 1.76 bits per heavy atom. The molecule has 0 saturated carbocycles. The van der Waals surface area contributed by atoms with Crippen LogP contribution >= 0.6 is 23.1 Å². The molecule has 2 N–H and O–H groups in total. The molecule has 0 unspecified atom stereocenters. The van der Waals surface area contributed by atoms with Gasteiger partial charge in [-0.25, -0.2) is 14.6 Å². The number of amidine groups is 1. The number of carbonyl (C=O) groups is 4. The van der Waals surface area contributed by atoms with E-state index in [4.69, 9.17) is 9.84 Å². The van der Waals surface area contributed by atoms with Gasteiger partial charge in [0.15, 0.2) is 5.17 Å². The number of anilines is 1. The van der Waals surface area contributed by atoms with Gasteiger partial charge in [-0.15, -0.1) is 11.3 Å². The van der Waals surface area contributed by atoms with Gasteiger partial charge in [0, 0.05) is 17.0 Å². The first-order valence-corrected chi connectivity index (χ1v) is 13.1. The number of carboxylic acids is 1. The second kappa shape index (κ2) is 11.8. The van der Waals surface area contributed by atoms with Crippen LogP contribution in [0.2, 0.25) is 0 Å². The summed E-state index contributed by atoms with van der Waals surface area (Å²) in [7, 11) is 0. The Hall–Kier alpha value is -3.96. The number of nitrogens with one attached hydrogen (secondary N) is 1. The lowest BCUT2D eigenvalue weighted by molar-refractivity contribution is -0.128. The highest BCUT2D eigenvalue weighted by atomic mass is 32.2. The minimum atomic E-state index is -1.06. The molecule has 9 nitrogen and oxygen atoms in total. The van der Waals surface area contributed by atoms with E-state index in [0.717, 1.165) is 4.88 Å². The zero-order valence-electron chi connectivity index (χ0n) is 19.7. The third-order valence-electron chi connectivity index (χ3n) is 5.30. The van der Waals surface area contributed by atoms with E-state index in [2.05, 4.69) is 10.3 Å². The van der Waals surface area contributed by atoms with Gasteiger partial charge in [0.05, 0.1) is 30.0 Å². The van der Waals surface area contributed by atoms with Crippen LogP contribution in [0.15, 0.2) is 71.0 Å². The van der Waals surface area contributed by atoms with Crippen LogP contribution in [0.5, 0.6) is 0 Å². The fraction of sp³-hybridized carbons (Fsp3) is 0.192. The molecule has 2 heterocycles. The Morgan fingerprint density at radius 1 is 1.05 bits per heavy atom. The minimum absolute atomic E-state index is 0.0774. The average molecular weight is 538 g/mol. The fourth-order valence-corrected chi connectivity index (χ4v) is 5.35. The molecule has 4 rings (SSSR count). The molecule has 1 aromatic heterocycles. The van der Waals surface area contributed by atoms with Crippen molar-refractivity contribution in [1.29, 1.82) is 0 Å². The maximum absolute atomic E-state index is 13.3. The quantitative estimate of drug-likeness (QED) is 0.376. The van der Waals surface area contributed by atoms with Crippen LogP contribution in [-0.4, -0.2) is 50.8 Å². The number of benzene rings is 2. The molecule has 1 saturated heterocycles. The molecule has 0 radical (unpaired) electrons. The maximum atomic E-state index is 13.3. The number of hydrogen-bond donors (Lipinski definition) is 2. The van der Waals surface area contributed by atoms with Crippen molar-refractivity contribution >= 4 is 63.4 Å². The van der Waals surface area contributed by atoms with E-state index in [1.54, 1.807) is 36.1 Å². The van der Waals surface area contributed by atoms with Gasteiger partial charge in [-0.05, 0) is 66.9 Å². The Balaban J connectivity index is 1.49. The summed E-state index contributed by atoms with van der Waals surface area (Å²) in [6, 6.07) is 16.2. The van der Waals surface area contributed by atoms with Crippen molar-refractivity contribution in [1.82, 2.24) is 4.90 Å². The first kappa shape index (κ1) is 26.1. The van der Waals surface area contributed by atoms with E-state index in [9.17, 15) is 19.2 Å². The standard InChI is InChI=1S/C26H23N3O6S2/c1-2-35-25(34)17-7-11-19(12-8-17)28-26-29(15-20-4-3-13-36-20)23(31)21(37-26)14-22(30)27-18-9-5-16(6-10-18)24(32)33/h3-13,21H,2,14-15H2,1H3,(H,27,30)(H,32,33)/t21-/m1/s1. The van der Waals surface area contributed by atoms with Gasteiger partial charge >= 0.3 is 11.9 Å². The molecule has 3 aromatic rings. The largest absolute Gasteiger partial charge is 0.478 e. The summed E-state index contributed by atoms with van der Waals surface area (Å²) in [5.41, 5.74) is 1.52. The molecule has 2 aromatic carbocycles. The predicted molar refractivity (Wildman–Crippen MR) is 142 cm³/mol. The van der Waals surface area contributed by atoms with Gasteiger partial charge < -0.3 is 15.2 Å². The number of thioether (sulfide) groups is 1. The Kier molecular flexibility index (Phi) is 8.36. The van der Waals surface area contributed by atoms with Gasteiger partial charge in [0.1, 0.15) is 5.25 Å². The summed E-state index contributed by atoms with van der Waals surface area (Å²) in [4.78, 5) is 56.1. The summed E-state index contributed by atoms with van der Waals surface area (Å²) in [5.74, 6) is -2.07. The maximum Gasteiger partial charge on any atom is 0.338 e. The van der Waals surface area contributed by atoms with Crippen LogP contribution in [-0.2, 0) is 20.9 Å². The Morgan fingerprint density at radius 3 is 2.38 bits per heavy atom. The number of carbonyl (C=O) groups excluding carboxylic acids is 3. The van der Waals surface area contributed by atoms with E-state index < -0.39 is 17.2 Å². The van der Waals surface area contributed by atoms with Gasteiger partial charge in [-0.3, -0.25) is 14.5 Å². The number of aromatic carboxylic acids is 1. The van der Waals surface area contributed by atoms with E-state index in [-0.39, 0.29) is 30.4 Å². The highest BCUT2D eigenvalue weighted by molar-refractivity contribution is 8.15. The smallest absolute Gasteiger partial charge is 0.338 e. The fourth-order valence-electron chi connectivity index (χ4n) is 3.50. The van der Waals surface area contributed by atoms with E-state index in [0.29, 0.717) is 28.7 Å². The van der Waals surface area contributed by atoms with E-state index >= 15 is 0 Å². The van der Waals surface area contributed by atoms with Crippen LogP contribution in [0.3, 0.4) is 0 Å². The topological polar surface area (TPSA) is 125 Å². The second-order valence-corrected chi connectivity index (χ2v) is 10.1. The molecule has 37 heavy (non-hydrogen) atoms. The third-order valence-corrected chi connectivity index (χ3v) is 7.34. The number of thiophene rings is 1. The second-order valence-electron chi connectivity index (χ2n) is 7.91. The van der Waals surface area contributed by atoms with E-state index in [1.165, 1.54) is 47.4 Å². The Bertz CT molecular complexity index is 1320. The number of nitrogens with zero attached hydrogens (tertiary/aromatic N) is 2. The van der Waals surface area contributed by atoms with Crippen molar-refractivity contribution in [3.8, 4) is 0 Å². The summed E-state index contributed by atoms with van der Waals surface area (Å²) in [6.45, 7) is 2.35. The molecule has 0 bridgehead atoms. The van der Waals surface area contributed by atoms with Crippen molar-refractivity contribution in [3.05, 3.63) is 82.0 Å². The summed E-state index contributed by atoms with van der Waals surface area (Å²) in [5, 5.41) is 13.4. The normalized spacial score (nSPS) is 16.1. The number of carboxylic acid groups (broad SMARTS) is 1. The van der Waals surface area contributed by atoms with Crippen molar-refractivity contribution < 1.29 is 29.0 Å². The zero-order valence-corrected chi connectivity index (χ0v) is 21.4. The average Bonchev–Trinajstić information content (AvgIpc) is 3.49. The molecule has 1 atom stereocenters. The first-order chi connectivity index (χ1) is 17.8. The molecule has 0 aliphatic carbocycles. The highest BCUT2D eigenvalue weighted by Gasteiger charge is 2.39. The van der Waals surface area contributed by atoms with Crippen molar-refractivity contribution in [2.24, 2.45) is 4.99 Å². The summed E-state index contributed by atoms with van der Waals surface area (Å²) in [6.07, 6.45) is -0.0774. The lowest BCUT2D eigenvalue weighted by Gasteiger charge is -2.15. The summed E-state index contributed by atoms with van der Waals surface area (Å²) >= 11 is 2.73. The molecule has 2 amide bonds. The molecular formula is C26H23N3O6S2. The molecule has 1 aliphatic heterocycles. The van der Waals surface area contributed by atoms with Gasteiger partial charge in [0.2, 0.25) is 11.8 Å². The molecule has 1 aliphatic rings. The number of amides is 2. The molecule has 1 fully saturated rings. The number of ether oxygens (including phenoxy) is 1. The van der Waals surface area contributed by atoms with Gasteiger partial charge in [0.25, 0.3) is 0 Å². The molecule has 190 valence electrons. The first-order valence-electron chi connectivity index (χ1n) is 11.3. The molecule has 11 heteroatoms. The van der Waals surface area contributed by atoms with Crippen LogP contribution in [0.4, 0.5) is 11.4 Å². The lowest BCUT2D eigenvalue weighted by Crippen LogP contribution is -2.32. The van der Waals surface area contributed by atoms with Crippen molar-refractivity contribution in [3.63, 3.8) is 0 Å². The number of rotatable bonds is 9. The van der Waals surface area contributed by atoms with E-state index in [1.807, 2.05) is 17.5 Å². The van der Waals surface area contributed by atoms with Gasteiger partial charge in [-0.2, -0.15) is 0 Å². The van der Waals surface area contributed by atoms with Crippen LogP contribution < -0.4 is 5.32 Å². The summed E-state index contributed by atoms with van der Waals surface area (Å²) < 4.78 is 5.01. The predicted octanol–water partition coefficient (Wildman–Crippen LogP) is 4.78. The van der Waals surface area contributed by atoms with Crippen molar-refractivity contribution in [2.75, 3.05) is 11.9 Å². The number of aliphatic imine (C=N–C) groups is 1. The van der Waals surface area contributed by atoms with Crippen molar-refractivity contribution in [2.45, 2.75) is 25.1 Å². The lowest BCUT2D eigenvalue weighted by atomic mass is 10.2.